The van der Waals surface area contributed by atoms with E-state index >= 15 is 0 Å². The predicted octanol–water partition coefficient (Wildman–Crippen LogP) is 6.51. The van der Waals surface area contributed by atoms with Crippen molar-refractivity contribution in [1.82, 2.24) is 5.43 Å². The standard InChI is InChI=1S/C30H34BrN3O7S/c1-29(2,3)23-14-19(15-24(28(23)36)30(4,5)6)11-13-27(35)33-32-18-20-10-12-26(25(31)16-20)41-42(39,40)22-9-7-8-21(17-22)34(37)38/h7-10,12,14-18,36H,11,13H2,1-6H3,(H,33,35)/b32-18-. The van der Waals surface area contributed by atoms with Gasteiger partial charge < -0.3 is 9.29 Å². The van der Waals surface area contributed by atoms with Crippen molar-refractivity contribution in [2.24, 2.45) is 5.10 Å². The summed E-state index contributed by atoms with van der Waals surface area (Å²) in [5.41, 5.74) is 4.74. The summed E-state index contributed by atoms with van der Waals surface area (Å²) in [5.74, 6) is -0.0335. The molecule has 0 saturated heterocycles. The first-order valence-electron chi connectivity index (χ1n) is 13.1. The molecule has 0 aliphatic rings. The summed E-state index contributed by atoms with van der Waals surface area (Å²) in [7, 11) is -4.33. The third-order valence-electron chi connectivity index (χ3n) is 6.30. The fourth-order valence-corrected chi connectivity index (χ4v) is 5.63. The Morgan fingerprint density at radius 1 is 1.05 bits per heavy atom. The highest BCUT2D eigenvalue weighted by atomic mass is 79.9. The Balaban J connectivity index is 1.65. The van der Waals surface area contributed by atoms with Crippen molar-refractivity contribution in [2.45, 2.75) is 70.1 Å². The zero-order valence-corrected chi connectivity index (χ0v) is 26.7. The van der Waals surface area contributed by atoms with Gasteiger partial charge in [-0.1, -0.05) is 59.7 Å². The zero-order chi connectivity index (χ0) is 31.5. The average molecular weight is 661 g/mol. The quantitative estimate of drug-likeness (QED) is 0.115. The van der Waals surface area contributed by atoms with Crippen LogP contribution in [0, 0.1) is 10.1 Å². The van der Waals surface area contributed by atoms with Gasteiger partial charge in [-0.2, -0.15) is 13.5 Å². The van der Waals surface area contributed by atoms with Crippen LogP contribution < -0.4 is 9.61 Å². The van der Waals surface area contributed by atoms with Crippen molar-refractivity contribution in [2.75, 3.05) is 0 Å². The smallest absolute Gasteiger partial charge is 0.339 e. The number of nitrogens with one attached hydrogen (secondary N) is 1. The lowest BCUT2D eigenvalue weighted by Crippen LogP contribution is -2.20. The Labute approximate surface area is 254 Å². The van der Waals surface area contributed by atoms with Crippen molar-refractivity contribution < 1.29 is 27.4 Å². The first kappa shape index (κ1) is 32.7. The number of hydrogen-bond donors (Lipinski definition) is 2. The van der Waals surface area contributed by atoms with Crippen molar-refractivity contribution in [3.8, 4) is 11.5 Å². The topological polar surface area (TPSA) is 148 Å². The highest BCUT2D eigenvalue weighted by Crippen LogP contribution is 2.40. The minimum atomic E-state index is -4.33. The van der Waals surface area contributed by atoms with E-state index in [4.69, 9.17) is 4.18 Å². The van der Waals surface area contributed by atoms with Crippen molar-refractivity contribution in [3.05, 3.63) is 91.4 Å². The molecule has 0 aliphatic heterocycles. The van der Waals surface area contributed by atoms with Crippen LogP contribution in [0.25, 0.3) is 0 Å². The number of phenols is 1. The number of carbonyl (C=O) groups excluding carboxylic acids is 1. The molecule has 0 fully saturated rings. The Bertz CT molecular complexity index is 1600. The van der Waals surface area contributed by atoms with E-state index < -0.39 is 15.0 Å². The second-order valence-electron chi connectivity index (χ2n) is 11.8. The molecule has 2 N–H and O–H groups in total. The van der Waals surface area contributed by atoms with E-state index in [0.29, 0.717) is 16.5 Å². The van der Waals surface area contributed by atoms with Crippen LogP contribution in [0.1, 0.15) is 70.2 Å². The monoisotopic (exact) mass is 659 g/mol. The van der Waals surface area contributed by atoms with Gasteiger partial charge >= 0.3 is 10.1 Å². The Kier molecular flexibility index (Phi) is 9.84. The molecule has 0 saturated carbocycles. The van der Waals surface area contributed by atoms with E-state index in [1.54, 1.807) is 6.07 Å². The molecule has 0 unspecified atom stereocenters. The first-order chi connectivity index (χ1) is 19.4. The molecule has 3 aromatic carbocycles. The molecule has 0 heterocycles. The summed E-state index contributed by atoms with van der Waals surface area (Å²) in [5, 5.41) is 25.9. The number of halogens is 1. The molecule has 0 spiro atoms. The lowest BCUT2D eigenvalue weighted by molar-refractivity contribution is -0.385. The van der Waals surface area contributed by atoms with Crippen LogP contribution >= 0.6 is 15.9 Å². The predicted molar refractivity (Wildman–Crippen MR) is 165 cm³/mol. The van der Waals surface area contributed by atoms with E-state index in [0.717, 1.165) is 22.8 Å². The molecule has 12 heteroatoms. The molecular weight excluding hydrogens is 626 g/mol. The van der Waals surface area contributed by atoms with Crippen LogP contribution in [-0.2, 0) is 32.2 Å². The minimum absolute atomic E-state index is 0.0270. The van der Waals surface area contributed by atoms with Crippen molar-refractivity contribution in [1.29, 1.82) is 0 Å². The first-order valence-corrected chi connectivity index (χ1v) is 15.3. The molecule has 0 bridgehead atoms. The fourth-order valence-electron chi connectivity index (χ4n) is 4.06. The normalized spacial score (nSPS) is 12.4. The fraction of sp³-hybridized carbons (Fsp3) is 0.333. The van der Waals surface area contributed by atoms with Gasteiger partial charge in [0.05, 0.1) is 15.6 Å². The molecule has 10 nitrogen and oxygen atoms in total. The van der Waals surface area contributed by atoms with Gasteiger partial charge in [-0.25, -0.2) is 5.43 Å². The average Bonchev–Trinajstić information content (AvgIpc) is 2.88. The highest BCUT2D eigenvalue weighted by Gasteiger charge is 2.26. The van der Waals surface area contributed by atoms with E-state index in [1.165, 1.54) is 36.5 Å². The van der Waals surface area contributed by atoms with Crippen LogP contribution in [0.3, 0.4) is 0 Å². The summed E-state index contributed by atoms with van der Waals surface area (Å²) >= 11 is 3.26. The van der Waals surface area contributed by atoms with E-state index in [9.17, 15) is 28.4 Å². The van der Waals surface area contributed by atoms with Gasteiger partial charge in [-0.15, -0.1) is 0 Å². The molecule has 1 amide bonds. The summed E-state index contributed by atoms with van der Waals surface area (Å²) in [6.45, 7) is 12.2. The number of nitro groups is 1. The lowest BCUT2D eigenvalue weighted by Gasteiger charge is -2.28. The number of nitrogens with zero attached hydrogens (tertiary/aromatic N) is 2. The second kappa shape index (κ2) is 12.6. The SMILES string of the molecule is CC(C)(C)c1cc(CCC(=O)N/N=C\c2ccc(OS(=O)(=O)c3cccc([N+](=O)[O-])c3)c(Br)c2)cc(C(C)(C)C)c1O. The summed E-state index contributed by atoms with van der Waals surface area (Å²) in [6, 6.07) is 12.9. The number of aryl methyl sites for hydroxylation is 1. The molecule has 224 valence electrons. The summed E-state index contributed by atoms with van der Waals surface area (Å²) in [6.07, 6.45) is 2.04. The van der Waals surface area contributed by atoms with Crippen molar-refractivity contribution in [3.63, 3.8) is 0 Å². The maximum atomic E-state index is 12.6. The third kappa shape index (κ3) is 8.39. The third-order valence-corrected chi connectivity index (χ3v) is 8.15. The Hall–Kier alpha value is -3.77. The zero-order valence-electron chi connectivity index (χ0n) is 24.3. The molecule has 0 aromatic heterocycles. The number of rotatable bonds is 9. The number of non-ortho nitro benzene ring substituents is 1. The minimum Gasteiger partial charge on any atom is -0.507 e. The molecule has 0 aliphatic carbocycles. The van der Waals surface area contributed by atoms with Crippen LogP contribution in [0.5, 0.6) is 11.5 Å². The number of hydrogen-bond acceptors (Lipinski definition) is 8. The van der Waals surface area contributed by atoms with Gasteiger partial charge in [0.25, 0.3) is 5.69 Å². The number of nitro benzene ring substituents is 1. The van der Waals surface area contributed by atoms with E-state index in [-0.39, 0.29) is 45.2 Å². The molecule has 42 heavy (non-hydrogen) atoms. The molecule has 3 aromatic rings. The van der Waals surface area contributed by atoms with Crippen molar-refractivity contribution >= 4 is 43.9 Å². The maximum Gasteiger partial charge on any atom is 0.339 e. The van der Waals surface area contributed by atoms with Crippen LogP contribution in [0.15, 0.2) is 69.1 Å². The Morgan fingerprint density at radius 2 is 1.67 bits per heavy atom. The number of aromatic hydroxyl groups is 1. The summed E-state index contributed by atoms with van der Waals surface area (Å²) in [4.78, 5) is 22.4. The molecule has 0 radical (unpaired) electrons. The number of hydrazone groups is 1. The van der Waals surface area contributed by atoms with E-state index in [2.05, 4.69) is 26.5 Å². The van der Waals surface area contributed by atoms with Crippen LogP contribution in [0.4, 0.5) is 5.69 Å². The van der Waals surface area contributed by atoms with E-state index in [1.807, 2.05) is 53.7 Å². The maximum absolute atomic E-state index is 12.6. The number of amides is 1. The number of phenolic OH excluding ortho intramolecular Hbond substituents is 1. The van der Waals surface area contributed by atoms with Crippen LogP contribution in [-0.4, -0.2) is 30.6 Å². The number of benzene rings is 3. The van der Waals surface area contributed by atoms with Gasteiger partial charge in [0.1, 0.15) is 10.6 Å². The van der Waals surface area contributed by atoms with Gasteiger partial charge in [0, 0.05) is 18.6 Å². The largest absolute Gasteiger partial charge is 0.507 e. The van der Waals surface area contributed by atoms with Gasteiger partial charge in [0.15, 0.2) is 5.75 Å². The Morgan fingerprint density at radius 3 is 2.21 bits per heavy atom. The molecule has 0 atom stereocenters. The molecular formula is C30H34BrN3O7S. The van der Waals surface area contributed by atoms with Gasteiger partial charge in [0.2, 0.25) is 5.91 Å². The highest BCUT2D eigenvalue weighted by molar-refractivity contribution is 9.10. The second-order valence-corrected chi connectivity index (χ2v) is 14.2. The molecule has 3 rings (SSSR count). The van der Waals surface area contributed by atoms with Crippen LogP contribution in [0.2, 0.25) is 0 Å². The lowest BCUT2D eigenvalue weighted by atomic mass is 9.78. The van der Waals surface area contributed by atoms with Gasteiger partial charge in [-0.05, 0) is 79.7 Å². The summed E-state index contributed by atoms with van der Waals surface area (Å²) < 4.78 is 30.7. The van der Waals surface area contributed by atoms with Gasteiger partial charge in [-0.3, -0.25) is 14.9 Å². The number of carbonyl (C=O) groups is 1.